The van der Waals surface area contributed by atoms with E-state index in [-0.39, 0.29) is 16.5 Å². The number of halogens is 3. The van der Waals surface area contributed by atoms with E-state index in [0.29, 0.717) is 6.42 Å². The van der Waals surface area contributed by atoms with Crippen LogP contribution in [0.5, 0.6) is 0 Å². The van der Waals surface area contributed by atoms with Gasteiger partial charge in [-0.1, -0.05) is 35.9 Å². The first-order valence-corrected chi connectivity index (χ1v) is 7.33. The van der Waals surface area contributed by atoms with E-state index in [2.05, 4.69) is 6.07 Å². The molecule has 2 atom stereocenters. The van der Waals surface area contributed by atoms with Gasteiger partial charge in [-0.15, -0.1) is 0 Å². The molecule has 2 aromatic rings. The first-order chi connectivity index (χ1) is 10.1. The minimum absolute atomic E-state index is 0.0396. The van der Waals surface area contributed by atoms with Crippen LogP contribution in [0.4, 0.5) is 8.78 Å². The average Bonchev–Trinajstić information content (AvgIpc) is 2.50. The first kappa shape index (κ1) is 14.5. The molecule has 0 heterocycles. The number of rotatable bonds is 2. The van der Waals surface area contributed by atoms with Gasteiger partial charge in [0.05, 0.1) is 6.10 Å². The number of hydrogen-bond donors (Lipinski definition) is 1. The van der Waals surface area contributed by atoms with Crippen molar-refractivity contribution in [1.29, 1.82) is 0 Å². The van der Waals surface area contributed by atoms with E-state index in [9.17, 15) is 13.9 Å². The second-order valence-electron chi connectivity index (χ2n) is 5.50. The molecule has 0 amide bonds. The summed E-state index contributed by atoms with van der Waals surface area (Å²) in [6.07, 6.45) is 1.50. The standard InChI is InChI=1S/C17H15ClF2O/c18-14-9-16(20)15(19)8-13(14)17(21)12-6-5-10-3-1-2-4-11(10)7-12/h1-4,8-9,12,17,21H,5-7H2. The normalized spacial score (nSPS) is 19.1. The molecule has 0 aliphatic heterocycles. The van der Waals surface area contributed by atoms with Gasteiger partial charge in [0.15, 0.2) is 11.6 Å². The van der Waals surface area contributed by atoms with Crippen LogP contribution < -0.4 is 0 Å². The molecule has 0 radical (unpaired) electrons. The first-order valence-electron chi connectivity index (χ1n) is 6.95. The molecule has 1 aliphatic rings. The summed E-state index contributed by atoms with van der Waals surface area (Å²) in [5.74, 6) is -2.02. The van der Waals surface area contributed by atoms with Crippen LogP contribution in [0.3, 0.4) is 0 Å². The molecule has 0 fully saturated rings. The van der Waals surface area contributed by atoms with E-state index in [1.165, 1.54) is 11.1 Å². The highest BCUT2D eigenvalue weighted by Crippen LogP contribution is 2.37. The van der Waals surface area contributed by atoms with E-state index < -0.39 is 17.7 Å². The zero-order valence-corrected chi connectivity index (χ0v) is 12.1. The van der Waals surface area contributed by atoms with Crippen LogP contribution in [0.1, 0.15) is 29.2 Å². The number of aliphatic hydroxyl groups excluding tert-OH is 1. The Morgan fingerprint density at radius 2 is 1.76 bits per heavy atom. The molecule has 0 saturated heterocycles. The monoisotopic (exact) mass is 308 g/mol. The lowest BCUT2D eigenvalue weighted by Crippen LogP contribution is -2.21. The van der Waals surface area contributed by atoms with Crippen molar-refractivity contribution >= 4 is 11.6 Å². The van der Waals surface area contributed by atoms with Crippen LogP contribution in [0.25, 0.3) is 0 Å². The lowest BCUT2D eigenvalue weighted by Gasteiger charge is -2.29. The van der Waals surface area contributed by atoms with Crippen LogP contribution >= 0.6 is 11.6 Å². The molecule has 0 saturated carbocycles. The van der Waals surface area contributed by atoms with Crippen molar-refractivity contribution in [3.05, 3.63) is 69.7 Å². The Morgan fingerprint density at radius 1 is 1.10 bits per heavy atom. The van der Waals surface area contributed by atoms with Crippen molar-refractivity contribution in [2.75, 3.05) is 0 Å². The van der Waals surface area contributed by atoms with Gasteiger partial charge in [0, 0.05) is 10.6 Å². The van der Waals surface area contributed by atoms with Gasteiger partial charge in [0.25, 0.3) is 0 Å². The number of aryl methyl sites for hydroxylation is 1. The van der Waals surface area contributed by atoms with Gasteiger partial charge in [-0.2, -0.15) is 0 Å². The molecule has 0 bridgehead atoms. The summed E-state index contributed by atoms with van der Waals surface area (Å²) in [7, 11) is 0. The highest BCUT2D eigenvalue weighted by molar-refractivity contribution is 6.31. The Morgan fingerprint density at radius 3 is 2.52 bits per heavy atom. The lowest BCUT2D eigenvalue weighted by atomic mass is 9.79. The van der Waals surface area contributed by atoms with Crippen LogP contribution in [0.2, 0.25) is 5.02 Å². The fourth-order valence-electron chi connectivity index (χ4n) is 3.01. The highest BCUT2D eigenvalue weighted by Gasteiger charge is 2.28. The molecule has 3 rings (SSSR count). The van der Waals surface area contributed by atoms with Crippen LogP contribution in [0.15, 0.2) is 36.4 Å². The van der Waals surface area contributed by atoms with Crippen molar-refractivity contribution in [1.82, 2.24) is 0 Å². The smallest absolute Gasteiger partial charge is 0.160 e. The van der Waals surface area contributed by atoms with Crippen LogP contribution in [-0.4, -0.2) is 5.11 Å². The molecule has 1 nitrogen and oxygen atoms in total. The SMILES string of the molecule is OC(c1cc(F)c(F)cc1Cl)C1CCc2ccccc2C1. The molecule has 2 aromatic carbocycles. The Hall–Kier alpha value is -1.45. The number of benzene rings is 2. The molecular formula is C17H15ClF2O. The maximum Gasteiger partial charge on any atom is 0.160 e. The second-order valence-corrected chi connectivity index (χ2v) is 5.91. The second kappa shape index (κ2) is 5.74. The zero-order chi connectivity index (χ0) is 15.0. The summed E-state index contributed by atoms with van der Waals surface area (Å²) in [5.41, 5.74) is 2.75. The molecular weight excluding hydrogens is 294 g/mol. The molecule has 4 heteroatoms. The van der Waals surface area contributed by atoms with E-state index in [1.807, 2.05) is 18.2 Å². The number of aliphatic hydroxyl groups is 1. The minimum atomic E-state index is -0.995. The Labute approximate surface area is 127 Å². The van der Waals surface area contributed by atoms with Crippen molar-refractivity contribution in [2.24, 2.45) is 5.92 Å². The largest absolute Gasteiger partial charge is 0.388 e. The molecule has 110 valence electrons. The van der Waals surface area contributed by atoms with Gasteiger partial charge in [-0.05, 0) is 48.4 Å². The van der Waals surface area contributed by atoms with Crippen molar-refractivity contribution < 1.29 is 13.9 Å². The maximum atomic E-state index is 13.4. The molecule has 1 aliphatic carbocycles. The Kier molecular flexibility index (Phi) is 3.96. The third-order valence-corrected chi connectivity index (χ3v) is 4.52. The number of fused-ring (bicyclic) bond motifs is 1. The predicted octanol–water partition coefficient (Wildman–Crippen LogP) is 4.46. The molecule has 1 N–H and O–H groups in total. The summed E-state index contributed by atoms with van der Waals surface area (Å²) >= 11 is 5.95. The average molecular weight is 309 g/mol. The summed E-state index contributed by atoms with van der Waals surface area (Å²) < 4.78 is 26.5. The van der Waals surface area contributed by atoms with E-state index in [0.717, 1.165) is 25.0 Å². The van der Waals surface area contributed by atoms with Gasteiger partial charge in [-0.25, -0.2) is 8.78 Å². The maximum absolute atomic E-state index is 13.4. The Balaban J connectivity index is 1.87. The summed E-state index contributed by atoms with van der Waals surface area (Å²) in [5, 5.41) is 10.6. The van der Waals surface area contributed by atoms with Crippen LogP contribution in [0, 0.1) is 17.6 Å². The van der Waals surface area contributed by atoms with Crippen LogP contribution in [-0.2, 0) is 12.8 Å². The van der Waals surface area contributed by atoms with Gasteiger partial charge in [-0.3, -0.25) is 0 Å². The van der Waals surface area contributed by atoms with Gasteiger partial charge >= 0.3 is 0 Å². The fourth-order valence-corrected chi connectivity index (χ4v) is 3.28. The summed E-state index contributed by atoms with van der Waals surface area (Å²) in [4.78, 5) is 0. The zero-order valence-electron chi connectivity index (χ0n) is 11.3. The molecule has 2 unspecified atom stereocenters. The van der Waals surface area contributed by atoms with Crippen molar-refractivity contribution in [3.63, 3.8) is 0 Å². The van der Waals surface area contributed by atoms with Gasteiger partial charge in [0.1, 0.15) is 0 Å². The molecule has 21 heavy (non-hydrogen) atoms. The van der Waals surface area contributed by atoms with Crippen molar-refractivity contribution in [2.45, 2.75) is 25.4 Å². The number of hydrogen-bond acceptors (Lipinski definition) is 1. The van der Waals surface area contributed by atoms with E-state index >= 15 is 0 Å². The summed E-state index contributed by atoms with van der Waals surface area (Å²) in [6.45, 7) is 0. The quantitative estimate of drug-likeness (QED) is 0.812. The van der Waals surface area contributed by atoms with Crippen molar-refractivity contribution in [3.8, 4) is 0 Å². The van der Waals surface area contributed by atoms with E-state index in [4.69, 9.17) is 11.6 Å². The third-order valence-electron chi connectivity index (χ3n) is 4.19. The Bertz CT molecular complexity index is 672. The van der Waals surface area contributed by atoms with Gasteiger partial charge < -0.3 is 5.11 Å². The topological polar surface area (TPSA) is 20.2 Å². The lowest BCUT2D eigenvalue weighted by molar-refractivity contribution is 0.0991. The van der Waals surface area contributed by atoms with E-state index in [1.54, 1.807) is 0 Å². The third kappa shape index (κ3) is 2.81. The molecule has 0 aromatic heterocycles. The molecule has 0 spiro atoms. The fraction of sp³-hybridized carbons (Fsp3) is 0.294. The minimum Gasteiger partial charge on any atom is -0.388 e. The van der Waals surface area contributed by atoms with Gasteiger partial charge in [0.2, 0.25) is 0 Å². The predicted molar refractivity (Wildman–Crippen MR) is 78.3 cm³/mol. The highest BCUT2D eigenvalue weighted by atomic mass is 35.5. The summed E-state index contributed by atoms with van der Waals surface area (Å²) in [6, 6.07) is 10.0.